The molecule has 1 aromatic rings. The number of amidine groups is 1. The first-order valence-electron chi connectivity index (χ1n) is 6.28. The first-order chi connectivity index (χ1) is 8.39. The van der Waals surface area contributed by atoms with Gasteiger partial charge in [-0.3, -0.25) is 5.41 Å². The van der Waals surface area contributed by atoms with E-state index in [0.29, 0.717) is 11.3 Å². The van der Waals surface area contributed by atoms with Crippen LogP contribution in [0.2, 0.25) is 0 Å². The summed E-state index contributed by atoms with van der Waals surface area (Å²) in [7, 11) is 0. The fourth-order valence-electron chi connectivity index (χ4n) is 2.56. The summed E-state index contributed by atoms with van der Waals surface area (Å²) < 4.78 is 14.1. The van der Waals surface area contributed by atoms with Gasteiger partial charge in [-0.05, 0) is 36.5 Å². The Morgan fingerprint density at radius 3 is 2.72 bits per heavy atom. The van der Waals surface area contributed by atoms with Crippen molar-refractivity contribution < 1.29 is 4.39 Å². The van der Waals surface area contributed by atoms with Crippen LogP contribution in [0.15, 0.2) is 18.2 Å². The lowest BCUT2D eigenvalue weighted by molar-refractivity contribution is 0.292. The fraction of sp³-hybridized carbons (Fsp3) is 0.500. The number of piperidine rings is 1. The van der Waals surface area contributed by atoms with Gasteiger partial charge in [-0.1, -0.05) is 13.8 Å². The van der Waals surface area contributed by atoms with E-state index in [4.69, 9.17) is 11.1 Å². The molecular formula is C14H20FN3. The third-order valence-corrected chi connectivity index (χ3v) is 3.50. The first-order valence-corrected chi connectivity index (χ1v) is 6.28. The molecule has 0 radical (unpaired) electrons. The van der Waals surface area contributed by atoms with Crippen molar-refractivity contribution in [2.45, 2.75) is 26.7 Å². The maximum atomic E-state index is 14.1. The van der Waals surface area contributed by atoms with Crippen LogP contribution in [-0.4, -0.2) is 18.9 Å². The lowest BCUT2D eigenvalue weighted by atomic mass is 9.84. The zero-order valence-corrected chi connectivity index (χ0v) is 11.0. The molecule has 0 spiro atoms. The summed E-state index contributed by atoms with van der Waals surface area (Å²) in [5.74, 6) is -0.389. The summed E-state index contributed by atoms with van der Waals surface area (Å²) in [6, 6.07) is 4.79. The number of nitrogens with one attached hydrogen (secondary N) is 1. The molecule has 0 unspecified atom stereocenters. The molecule has 0 saturated carbocycles. The second-order valence-electron chi connectivity index (χ2n) is 5.77. The molecule has 3 N–H and O–H groups in total. The second-order valence-corrected chi connectivity index (χ2v) is 5.77. The molecule has 1 aliphatic heterocycles. The summed E-state index contributed by atoms with van der Waals surface area (Å²) in [5, 5.41) is 7.31. The van der Waals surface area contributed by atoms with Gasteiger partial charge in [-0.2, -0.15) is 0 Å². The Hall–Kier alpha value is -1.58. The second kappa shape index (κ2) is 4.59. The van der Waals surface area contributed by atoms with Gasteiger partial charge >= 0.3 is 0 Å². The van der Waals surface area contributed by atoms with Crippen LogP contribution in [0.3, 0.4) is 0 Å². The topological polar surface area (TPSA) is 53.1 Å². The van der Waals surface area contributed by atoms with Gasteiger partial charge in [-0.25, -0.2) is 4.39 Å². The Labute approximate surface area is 107 Å². The number of nitrogens with two attached hydrogens (primary N) is 1. The van der Waals surface area contributed by atoms with Crippen LogP contribution in [0.25, 0.3) is 0 Å². The third-order valence-electron chi connectivity index (χ3n) is 3.50. The van der Waals surface area contributed by atoms with Crippen LogP contribution in [0.4, 0.5) is 10.1 Å². The van der Waals surface area contributed by atoms with Crippen LogP contribution < -0.4 is 10.6 Å². The third kappa shape index (κ3) is 2.63. The predicted molar refractivity (Wildman–Crippen MR) is 72.6 cm³/mol. The zero-order valence-electron chi connectivity index (χ0n) is 11.0. The Kier molecular flexibility index (Phi) is 3.28. The van der Waals surface area contributed by atoms with Gasteiger partial charge in [0.2, 0.25) is 0 Å². The summed E-state index contributed by atoms with van der Waals surface area (Å²) in [4.78, 5) is 2.09. The van der Waals surface area contributed by atoms with Crippen molar-refractivity contribution in [2.24, 2.45) is 11.1 Å². The van der Waals surface area contributed by atoms with Gasteiger partial charge in [0.05, 0.1) is 5.69 Å². The SMILES string of the molecule is CC1(C)CCCN(c2ccc(C(=N)N)cc2F)C1. The van der Waals surface area contributed by atoms with Crippen LogP contribution in [-0.2, 0) is 0 Å². The molecule has 1 aliphatic rings. The highest BCUT2D eigenvalue weighted by atomic mass is 19.1. The van der Waals surface area contributed by atoms with E-state index in [1.54, 1.807) is 12.1 Å². The maximum Gasteiger partial charge on any atom is 0.147 e. The largest absolute Gasteiger partial charge is 0.384 e. The molecule has 1 fully saturated rings. The average molecular weight is 249 g/mol. The van der Waals surface area contributed by atoms with Gasteiger partial charge in [0.25, 0.3) is 0 Å². The summed E-state index contributed by atoms with van der Waals surface area (Å²) in [5.41, 5.74) is 6.64. The van der Waals surface area contributed by atoms with Crippen LogP contribution >= 0.6 is 0 Å². The van der Waals surface area contributed by atoms with Gasteiger partial charge in [-0.15, -0.1) is 0 Å². The lowest BCUT2D eigenvalue weighted by Crippen LogP contribution is -2.40. The molecule has 4 heteroatoms. The molecule has 2 rings (SSSR count). The summed E-state index contributed by atoms with van der Waals surface area (Å²) >= 11 is 0. The van der Waals surface area contributed by atoms with Crippen molar-refractivity contribution in [3.05, 3.63) is 29.6 Å². The number of halogens is 1. The molecule has 18 heavy (non-hydrogen) atoms. The molecule has 98 valence electrons. The highest BCUT2D eigenvalue weighted by Gasteiger charge is 2.27. The first kappa shape index (κ1) is 12.9. The molecule has 0 bridgehead atoms. The molecule has 1 heterocycles. The van der Waals surface area contributed by atoms with Gasteiger partial charge in [0.1, 0.15) is 11.7 Å². The number of anilines is 1. The minimum atomic E-state index is -0.291. The minimum absolute atomic E-state index is 0.0978. The highest BCUT2D eigenvalue weighted by molar-refractivity contribution is 5.95. The molecule has 1 aromatic carbocycles. The Bertz CT molecular complexity index is 468. The number of hydrogen-bond acceptors (Lipinski definition) is 2. The fourth-order valence-corrected chi connectivity index (χ4v) is 2.56. The van der Waals surface area contributed by atoms with E-state index in [1.807, 2.05) is 0 Å². The molecular weight excluding hydrogens is 229 g/mol. The van der Waals surface area contributed by atoms with E-state index in [2.05, 4.69) is 18.7 Å². The quantitative estimate of drug-likeness (QED) is 0.625. The standard InChI is InChI=1S/C14H20FN3/c1-14(2)6-3-7-18(9-14)12-5-4-10(13(16)17)8-11(12)15/h4-5,8H,3,6-7,9H2,1-2H3,(H3,16,17). The Morgan fingerprint density at radius 2 is 2.17 bits per heavy atom. The van der Waals surface area contributed by atoms with E-state index in [9.17, 15) is 4.39 Å². The van der Waals surface area contributed by atoms with E-state index in [-0.39, 0.29) is 17.1 Å². The number of hydrogen-bond donors (Lipinski definition) is 2. The number of nitrogens with zero attached hydrogens (tertiary/aromatic N) is 1. The maximum absolute atomic E-state index is 14.1. The van der Waals surface area contributed by atoms with Gasteiger partial charge < -0.3 is 10.6 Å². The van der Waals surface area contributed by atoms with E-state index in [1.165, 1.54) is 12.5 Å². The number of nitrogen functional groups attached to an aromatic ring is 1. The van der Waals surface area contributed by atoms with Crippen molar-refractivity contribution >= 4 is 11.5 Å². The van der Waals surface area contributed by atoms with Gasteiger partial charge in [0, 0.05) is 18.7 Å². The van der Waals surface area contributed by atoms with Crippen LogP contribution in [0.1, 0.15) is 32.3 Å². The van der Waals surface area contributed by atoms with Gasteiger partial charge in [0.15, 0.2) is 0 Å². The zero-order chi connectivity index (χ0) is 13.3. The molecule has 0 atom stereocenters. The summed E-state index contributed by atoms with van der Waals surface area (Å²) in [6.07, 6.45) is 2.26. The van der Waals surface area contributed by atoms with E-state index < -0.39 is 0 Å². The van der Waals surface area contributed by atoms with Crippen LogP contribution in [0, 0.1) is 16.6 Å². The van der Waals surface area contributed by atoms with Crippen LogP contribution in [0.5, 0.6) is 0 Å². The molecule has 1 saturated heterocycles. The molecule has 3 nitrogen and oxygen atoms in total. The van der Waals surface area contributed by atoms with E-state index in [0.717, 1.165) is 19.5 Å². The minimum Gasteiger partial charge on any atom is -0.384 e. The monoisotopic (exact) mass is 249 g/mol. The lowest BCUT2D eigenvalue weighted by Gasteiger charge is -2.39. The molecule has 0 aromatic heterocycles. The van der Waals surface area contributed by atoms with Crippen molar-refractivity contribution in [2.75, 3.05) is 18.0 Å². The average Bonchev–Trinajstić information content (AvgIpc) is 2.27. The van der Waals surface area contributed by atoms with Crippen molar-refractivity contribution in [3.63, 3.8) is 0 Å². The smallest absolute Gasteiger partial charge is 0.147 e. The Morgan fingerprint density at radius 1 is 1.44 bits per heavy atom. The Balaban J connectivity index is 2.26. The van der Waals surface area contributed by atoms with E-state index >= 15 is 0 Å². The number of benzene rings is 1. The normalized spacial score (nSPS) is 18.7. The predicted octanol–water partition coefficient (Wildman–Crippen LogP) is 2.74. The highest BCUT2D eigenvalue weighted by Crippen LogP contribution is 2.32. The van der Waals surface area contributed by atoms with Crippen molar-refractivity contribution in [3.8, 4) is 0 Å². The number of rotatable bonds is 2. The van der Waals surface area contributed by atoms with Crippen molar-refractivity contribution in [1.29, 1.82) is 5.41 Å². The summed E-state index contributed by atoms with van der Waals surface area (Å²) in [6.45, 7) is 6.17. The molecule has 0 amide bonds. The molecule has 0 aliphatic carbocycles. The van der Waals surface area contributed by atoms with Crippen molar-refractivity contribution in [1.82, 2.24) is 0 Å².